The van der Waals surface area contributed by atoms with Crippen LogP contribution in [-0.4, -0.2) is 24.9 Å². The molecule has 0 saturated carbocycles. The molecule has 0 aliphatic carbocycles. The van der Waals surface area contributed by atoms with Gasteiger partial charge in [-0.25, -0.2) is 0 Å². The third-order valence-corrected chi connectivity index (χ3v) is 2.99. The number of non-ortho nitro benzene ring substituents is 1. The van der Waals surface area contributed by atoms with Gasteiger partial charge in [0.25, 0.3) is 5.69 Å². The van der Waals surface area contributed by atoms with E-state index < -0.39 is 4.92 Å². The number of nitro benzene ring substituents is 1. The van der Waals surface area contributed by atoms with E-state index in [0.29, 0.717) is 23.8 Å². The molecule has 0 aliphatic heterocycles. The Balaban J connectivity index is 2.12. The molecule has 0 radical (unpaired) electrons. The number of rotatable bonds is 7. The number of nitro groups is 1. The van der Waals surface area contributed by atoms with Crippen LogP contribution >= 0.6 is 0 Å². The fourth-order valence-corrected chi connectivity index (χ4v) is 1.93. The maximum Gasteiger partial charge on any atom is 0.269 e. The molecule has 2 aromatic carbocycles. The molecule has 7 heteroatoms. The Labute approximate surface area is 133 Å². The van der Waals surface area contributed by atoms with E-state index >= 15 is 0 Å². The molecule has 1 N–H and O–H groups in total. The van der Waals surface area contributed by atoms with Crippen LogP contribution in [0.4, 0.5) is 11.4 Å². The highest BCUT2D eigenvalue weighted by molar-refractivity contribution is 5.85. The van der Waals surface area contributed by atoms with Crippen molar-refractivity contribution in [2.75, 3.05) is 19.1 Å². The number of anilines is 1. The molecular formula is C16H17N3O4. The zero-order valence-corrected chi connectivity index (χ0v) is 12.9. The topological polar surface area (TPSA) is 86.0 Å². The lowest BCUT2D eigenvalue weighted by Gasteiger charge is -2.11. The van der Waals surface area contributed by atoms with Gasteiger partial charge in [0.2, 0.25) is 0 Å². The first kappa shape index (κ1) is 16.3. The number of para-hydroxylation sites is 1. The zero-order valence-electron chi connectivity index (χ0n) is 12.9. The predicted molar refractivity (Wildman–Crippen MR) is 88.5 cm³/mol. The van der Waals surface area contributed by atoms with E-state index in [9.17, 15) is 10.1 Å². The molecule has 23 heavy (non-hydrogen) atoms. The summed E-state index contributed by atoms with van der Waals surface area (Å²) in [4.78, 5) is 10.2. The number of nitrogens with zero attached hydrogens (tertiary/aromatic N) is 2. The molecule has 0 fully saturated rings. The first-order chi connectivity index (χ1) is 11.2. The minimum absolute atomic E-state index is 0.0333. The van der Waals surface area contributed by atoms with Crippen LogP contribution in [0.1, 0.15) is 12.5 Å². The van der Waals surface area contributed by atoms with Gasteiger partial charge >= 0.3 is 0 Å². The molecule has 0 spiro atoms. The zero-order chi connectivity index (χ0) is 16.7. The Morgan fingerprint density at radius 2 is 2.00 bits per heavy atom. The third-order valence-electron chi connectivity index (χ3n) is 2.99. The lowest BCUT2D eigenvalue weighted by atomic mass is 10.2. The summed E-state index contributed by atoms with van der Waals surface area (Å²) in [6.07, 6.45) is 1.61. The van der Waals surface area contributed by atoms with Crippen molar-refractivity contribution in [1.29, 1.82) is 0 Å². The van der Waals surface area contributed by atoms with Gasteiger partial charge in [0.1, 0.15) is 0 Å². The molecule has 0 heterocycles. The van der Waals surface area contributed by atoms with Crippen molar-refractivity contribution in [2.45, 2.75) is 6.92 Å². The highest BCUT2D eigenvalue weighted by Gasteiger charge is 2.08. The lowest BCUT2D eigenvalue weighted by molar-refractivity contribution is -0.384. The van der Waals surface area contributed by atoms with Crippen molar-refractivity contribution < 1.29 is 14.4 Å². The average Bonchev–Trinajstić information content (AvgIpc) is 2.56. The number of hydrogen-bond donors (Lipinski definition) is 1. The summed E-state index contributed by atoms with van der Waals surface area (Å²) in [7, 11) is 1.58. The summed E-state index contributed by atoms with van der Waals surface area (Å²) in [6.45, 7) is 2.40. The van der Waals surface area contributed by atoms with Crippen LogP contribution in [0.3, 0.4) is 0 Å². The fourth-order valence-electron chi connectivity index (χ4n) is 1.93. The Morgan fingerprint density at radius 1 is 1.26 bits per heavy atom. The Kier molecular flexibility index (Phi) is 5.51. The van der Waals surface area contributed by atoms with Gasteiger partial charge < -0.3 is 9.47 Å². The second-order valence-electron chi connectivity index (χ2n) is 4.49. The maximum atomic E-state index is 10.6. The van der Waals surface area contributed by atoms with E-state index in [2.05, 4.69) is 10.5 Å². The maximum absolute atomic E-state index is 10.6. The lowest BCUT2D eigenvalue weighted by Crippen LogP contribution is -2.00. The van der Waals surface area contributed by atoms with Gasteiger partial charge in [-0.2, -0.15) is 5.10 Å². The van der Waals surface area contributed by atoms with Crippen LogP contribution in [0.25, 0.3) is 0 Å². The highest BCUT2D eigenvalue weighted by Crippen LogP contribution is 2.30. The summed E-state index contributed by atoms with van der Waals surface area (Å²) in [5.74, 6) is 1.25. The molecule has 2 aromatic rings. The molecule has 0 amide bonds. The van der Waals surface area contributed by atoms with Gasteiger partial charge in [-0.1, -0.05) is 6.07 Å². The normalized spacial score (nSPS) is 10.5. The van der Waals surface area contributed by atoms with Crippen molar-refractivity contribution in [2.24, 2.45) is 5.10 Å². The summed E-state index contributed by atoms with van der Waals surface area (Å²) in [5.41, 5.74) is 4.26. The SMILES string of the molecule is CCOc1c(/C=N/Nc2ccc([N+](=O)[O-])cc2)cccc1OC. The number of hydrazone groups is 1. The molecule has 7 nitrogen and oxygen atoms in total. The molecule has 0 unspecified atom stereocenters. The van der Waals surface area contributed by atoms with Crippen LogP contribution in [0.15, 0.2) is 47.6 Å². The minimum atomic E-state index is -0.447. The Hall–Kier alpha value is -3.09. The highest BCUT2D eigenvalue weighted by atomic mass is 16.6. The van der Waals surface area contributed by atoms with Crippen molar-refractivity contribution in [3.05, 3.63) is 58.1 Å². The van der Waals surface area contributed by atoms with Crippen molar-refractivity contribution in [3.8, 4) is 11.5 Å². The van der Waals surface area contributed by atoms with E-state index in [1.165, 1.54) is 12.1 Å². The van der Waals surface area contributed by atoms with Crippen LogP contribution < -0.4 is 14.9 Å². The van der Waals surface area contributed by atoms with Gasteiger partial charge in [0.05, 0.1) is 30.5 Å². The Morgan fingerprint density at radius 3 is 2.61 bits per heavy atom. The van der Waals surface area contributed by atoms with Gasteiger partial charge in [0.15, 0.2) is 11.5 Å². The quantitative estimate of drug-likeness (QED) is 0.480. The molecule has 0 saturated heterocycles. The summed E-state index contributed by atoms with van der Waals surface area (Å²) in [5, 5.41) is 14.7. The van der Waals surface area contributed by atoms with Crippen molar-refractivity contribution in [3.63, 3.8) is 0 Å². The molecule has 120 valence electrons. The van der Waals surface area contributed by atoms with Crippen molar-refractivity contribution >= 4 is 17.6 Å². The van der Waals surface area contributed by atoms with Crippen LogP contribution in [-0.2, 0) is 0 Å². The largest absolute Gasteiger partial charge is 0.493 e. The average molecular weight is 315 g/mol. The summed E-state index contributed by atoms with van der Waals surface area (Å²) in [6, 6.07) is 11.5. The van der Waals surface area contributed by atoms with Gasteiger partial charge in [-0.3, -0.25) is 15.5 Å². The number of methoxy groups -OCH3 is 1. The standard InChI is InChI=1S/C16H17N3O4/c1-3-23-16-12(5-4-6-15(16)22-2)11-17-18-13-7-9-14(10-8-13)19(20)21/h4-11,18H,3H2,1-2H3/b17-11+. The first-order valence-corrected chi connectivity index (χ1v) is 6.99. The molecule has 2 rings (SSSR count). The second-order valence-corrected chi connectivity index (χ2v) is 4.49. The second kappa shape index (κ2) is 7.79. The number of ether oxygens (including phenoxy) is 2. The number of nitrogens with one attached hydrogen (secondary N) is 1. The van der Waals surface area contributed by atoms with Crippen molar-refractivity contribution in [1.82, 2.24) is 0 Å². The van der Waals surface area contributed by atoms with E-state index in [-0.39, 0.29) is 5.69 Å². The molecule has 0 aliphatic rings. The van der Waals surface area contributed by atoms with Crippen LogP contribution in [0.2, 0.25) is 0 Å². The van der Waals surface area contributed by atoms with E-state index in [4.69, 9.17) is 9.47 Å². The Bertz CT molecular complexity index is 699. The van der Waals surface area contributed by atoms with Gasteiger partial charge in [-0.05, 0) is 31.2 Å². The smallest absolute Gasteiger partial charge is 0.269 e. The molecule has 0 bridgehead atoms. The third kappa shape index (κ3) is 4.19. The van der Waals surface area contributed by atoms with Crippen LogP contribution in [0, 0.1) is 10.1 Å². The molecule has 0 atom stereocenters. The molecule has 0 aromatic heterocycles. The van der Waals surface area contributed by atoms with Crippen LogP contribution in [0.5, 0.6) is 11.5 Å². The van der Waals surface area contributed by atoms with Gasteiger partial charge in [-0.15, -0.1) is 0 Å². The van der Waals surface area contributed by atoms with E-state index in [1.54, 1.807) is 25.5 Å². The predicted octanol–water partition coefficient (Wildman–Crippen LogP) is 3.45. The monoisotopic (exact) mass is 315 g/mol. The number of hydrogen-bond acceptors (Lipinski definition) is 6. The summed E-state index contributed by atoms with van der Waals surface area (Å²) >= 11 is 0. The number of benzene rings is 2. The van der Waals surface area contributed by atoms with Gasteiger partial charge in [0, 0.05) is 17.7 Å². The van der Waals surface area contributed by atoms with E-state index in [0.717, 1.165) is 5.56 Å². The van der Waals surface area contributed by atoms with E-state index in [1.807, 2.05) is 25.1 Å². The minimum Gasteiger partial charge on any atom is -0.493 e. The first-order valence-electron chi connectivity index (χ1n) is 6.99. The molecular weight excluding hydrogens is 298 g/mol. The fraction of sp³-hybridized carbons (Fsp3) is 0.188. The summed E-state index contributed by atoms with van der Waals surface area (Å²) < 4.78 is 10.9.